The number of rotatable bonds is 2. The molecule has 0 spiro atoms. The third-order valence-corrected chi connectivity index (χ3v) is 3.96. The zero-order valence-electron chi connectivity index (χ0n) is 8.81. The molecule has 0 aromatic carbocycles. The lowest BCUT2D eigenvalue weighted by molar-refractivity contribution is -0.138. The monoisotopic (exact) mass is 300 g/mol. The molecule has 1 unspecified atom stereocenters. The summed E-state index contributed by atoms with van der Waals surface area (Å²) in [6, 6.07) is 1.67. The minimum atomic E-state index is -1.10. The van der Waals surface area contributed by atoms with Crippen LogP contribution in [0.5, 0.6) is 0 Å². The Bertz CT molecular complexity index is 621. The number of hydrogen-bond acceptors (Lipinski definition) is 3. The molecule has 0 bridgehead atoms. The highest BCUT2D eigenvalue weighted by Gasteiger charge is 2.24. The molecule has 0 saturated heterocycles. The molecule has 1 heterocycles. The van der Waals surface area contributed by atoms with E-state index >= 15 is 0 Å². The first-order valence-electron chi connectivity index (χ1n) is 4.86. The Balaban J connectivity index is 2.48. The standard InChI is InChI=1S/C12H6Cl2O3S/c13-10-4-8(11(14)18-10)6-1-2-7(5-15)9(3-6)12(16)17/h1-4,9H,(H,16,17). The van der Waals surface area contributed by atoms with Gasteiger partial charge in [0.05, 0.1) is 9.91 Å². The van der Waals surface area contributed by atoms with Crippen molar-refractivity contribution in [1.82, 2.24) is 0 Å². The fourth-order valence-electron chi connectivity index (χ4n) is 1.63. The van der Waals surface area contributed by atoms with Crippen LogP contribution in [0.15, 0.2) is 29.9 Å². The van der Waals surface area contributed by atoms with E-state index in [0.717, 1.165) is 0 Å². The SMILES string of the molecule is O=C=C1C=CC(c2cc(Cl)sc2Cl)=CC1C(=O)O. The van der Waals surface area contributed by atoms with Crippen LogP contribution in [0, 0.1) is 5.92 Å². The second-order valence-electron chi connectivity index (χ2n) is 3.57. The van der Waals surface area contributed by atoms with Gasteiger partial charge < -0.3 is 5.11 Å². The molecule has 6 heteroatoms. The molecular weight excluding hydrogens is 295 g/mol. The average Bonchev–Trinajstić information content (AvgIpc) is 2.67. The summed E-state index contributed by atoms with van der Waals surface area (Å²) in [4.78, 5) is 21.7. The van der Waals surface area contributed by atoms with Crippen molar-refractivity contribution < 1.29 is 14.7 Å². The molecule has 18 heavy (non-hydrogen) atoms. The maximum Gasteiger partial charge on any atom is 0.315 e. The average molecular weight is 301 g/mol. The second-order valence-corrected chi connectivity index (χ2v) is 5.85. The van der Waals surface area contributed by atoms with E-state index in [1.807, 2.05) is 0 Å². The highest BCUT2D eigenvalue weighted by atomic mass is 35.5. The van der Waals surface area contributed by atoms with Crippen molar-refractivity contribution in [2.45, 2.75) is 0 Å². The number of carboxylic acid groups (broad SMARTS) is 1. The fourth-order valence-corrected chi connectivity index (χ4v) is 3.13. The number of aliphatic carboxylic acids is 1. The summed E-state index contributed by atoms with van der Waals surface area (Å²) in [5, 5.41) is 9.04. The van der Waals surface area contributed by atoms with Gasteiger partial charge in [0.15, 0.2) is 0 Å². The molecular formula is C12H6Cl2O3S. The number of allylic oxidation sites excluding steroid dienone is 3. The van der Waals surface area contributed by atoms with Gasteiger partial charge in [-0.05, 0) is 17.7 Å². The first kappa shape index (κ1) is 13.1. The molecule has 92 valence electrons. The largest absolute Gasteiger partial charge is 0.481 e. The van der Waals surface area contributed by atoms with Crippen LogP contribution in [0.3, 0.4) is 0 Å². The van der Waals surface area contributed by atoms with E-state index in [0.29, 0.717) is 19.8 Å². The Morgan fingerprint density at radius 2 is 2.11 bits per heavy atom. The zero-order chi connectivity index (χ0) is 13.3. The van der Waals surface area contributed by atoms with Gasteiger partial charge in [-0.1, -0.05) is 35.4 Å². The lowest BCUT2D eigenvalue weighted by Crippen LogP contribution is -2.15. The summed E-state index contributed by atoms with van der Waals surface area (Å²) in [5.74, 6) is -0.481. The molecule has 0 aliphatic heterocycles. The predicted molar refractivity (Wildman–Crippen MR) is 71.8 cm³/mol. The first-order valence-corrected chi connectivity index (χ1v) is 6.43. The summed E-state index contributed by atoms with van der Waals surface area (Å²) in [6.45, 7) is 0. The van der Waals surface area contributed by atoms with Crippen molar-refractivity contribution in [3.8, 4) is 0 Å². The van der Waals surface area contributed by atoms with Crippen LogP contribution in [-0.2, 0) is 9.59 Å². The highest BCUT2D eigenvalue weighted by Crippen LogP contribution is 2.38. The second kappa shape index (κ2) is 5.12. The third-order valence-electron chi connectivity index (χ3n) is 2.48. The van der Waals surface area contributed by atoms with E-state index in [1.54, 1.807) is 18.1 Å². The van der Waals surface area contributed by atoms with Crippen molar-refractivity contribution in [3.63, 3.8) is 0 Å². The minimum Gasteiger partial charge on any atom is -0.481 e. The maximum atomic E-state index is 11.1. The van der Waals surface area contributed by atoms with Crippen molar-refractivity contribution in [2.24, 2.45) is 5.92 Å². The Hall–Kier alpha value is -1.32. The molecule has 0 saturated carbocycles. The quantitative estimate of drug-likeness (QED) is 0.851. The van der Waals surface area contributed by atoms with Gasteiger partial charge in [0.25, 0.3) is 0 Å². The topological polar surface area (TPSA) is 54.4 Å². The summed E-state index contributed by atoms with van der Waals surface area (Å²) >= 11 is 13.0. The van der Waals surface area contributed by atoms with Gasteiger partial charge in [-0.3, -0.25) is 4.79 Å². The van der Waals surface area contributed by atoms with Crippen LogP contribution < -0.4 is 0 Å². The van der Waals surface area contributed by atoms with Gasteiger partial charge in [0.1, 0.15) is 16.2 Å². The number of hydrogen-bond donors (Lipinski definition) is 1. The normalized spacial score (nSPS) is 18.4. The van der Waals surface area contributed by atoms with Crippen LogP contribution in [0.4, 0.5) is 0 Å². The Labute approximate surface area is 117 Å². The van der Waals surface area contributed by atoms with E-state index in [1.165, 1.54) is 23.5 Å². The molecule has 1 aromatic rings. The molecule has 2 rings (SSSR count). The summed E-state index contributed by atoms with van der Waals surface area (Å²) in [7, 11) is 0. The predicted octanol–water partition coefficient (Wildman–Crippen LogP) is 3.47. The van der Waals surface area contributed by atoms with Crippen molar-refractivity contribution in [1.29, 1.82) is 0 Å². The molecule has 1 aliphatic carbocycles. The Morgan fingerprint density at radius 3 is 2.61 bits per heavy atom. The molecule has 0 radical (unpaired) electrons. The van der Waals surface area contributed by atoms with Crippen LogP contribution in [0.25, 0.3) is 5.57 Å². The zero-order valence-corrected chi connectivity index (χ0v) is 11.1. The summed E-state index contributed by atoms with van der Waals surface area (Å²) in [5.41, 5.74) is 1.39. The van der Waals surface area contributed by atoms with Crippen molar-refractivity contribution in [2.75, 3.05) is 0 Å². The third kappa shape index (κ3) is 2.42. The molecule has 1 atom stereocenters. The number of carbonyl (C=O) groups is 1. The van der Waals surface area contributed by atoms with Gasteiger partial charge in [-0.2, -0.15) is 0 Å². The Kier molecular flexibility index (Phi) is 3.73. The van der Waals surface area contributed by atoms with Gasteiger partial charge >= 0.3 is 5.97 Å². The molecule has 3 nitrogen and oxygen atoms in total. The number of halogens is 2. The smallest absolute Gasteiger partial charge is 0.315 e. The van der Waals surface area contributed by atoms with E-state index in [-0.39, 0.29) is 5.57 Å². The van der Waals surface area contributed by atoms with Crippen molar-refractivity contribution in [3.05, 3.63) is 44.1 Å². The van der Waals surface area contributed by atoms with Crippen LogP contribution in [-0.4, -0.2) is 17.0 Å². The maximum absolute atomic E-state index is 11.1. The number of carboxylic acids is 1. The number of carbonyl (C=O) groups excluding carboxylic acids is 1. The lowest BCUT2D eigenvalue weighted by Gasteiger charge is -2.13. The summed E-state index contributed by atoms with van der Waals surface area (Å²) < 4.78 is 1.01. The number of thiophene rings is 1. The van der Waals surface area contributed by atoms with Crippen LogP contribution >= 0.6 is 34.5 Å². The molecule has 0 fully saturated rings. The van der Waals surface area contributed by atoms with Gasteiger partial charge in [-0.15, -0.1) is 11.3 Å². The van der Waals surface area contributed by atoms with E-state index in [2.05, 4.69) is 0 Å². The van der Waals surface area contributed by atoms with Crippen LogP contribution in [0.2, 0.25) is 8.67 Å². The van der Waals surface area contributed by atoms with E-state index in [4.69, 9.17) is 28.3 Å². The molecule has 0 amide bonds. The van der Waals surface area contributed by atoms with Crippen LogP contribution in [0.1, 0.15) is 5.56 Å². The van der Waals surface area contributed by atoms with Gasteiger partial charge in [-0.25, -0.2) is 4.79 Å². The summed E-state index contributed by atoms with van der Waals surface area (Å²) in [6.07, 6.45) is 4.53. The van der Waals surface area contributed by atoms with Gasteiger partial charge in [0, 0.05) is 5.56 Å². The van der Waals surface area contributed by atoms with Gasteiger partial charge in [0.2, 0.25) is 0 Å². The molecule has 1 aromatic heterocycles. The molecule has 1 N–H and O–H groups in total. The van der Waals surface area contributed by atoms with E-state index < -0.39 is 11.9 Å². The fraction of sp³-hybridized carbons (Fsp3) is 0.0833. The molecule has 1 aliphatic rings. The van der Waals surface area contributed by atoms with Crippen molar-refractivity contribution >= 4 is 52.0 Å². The van der Waals surface area contributed by atoms with E-state index in [9.17, 15) is 9.59 Å². The Morgan fingerprint density at radius 1 is 1.39 bits per heavy atom. The lowest BCUT2D eigenvalue weighted by atomic mass is 9.90. The minimum absolute atomic E-state index is 0.0868. The first-order chi connectivity index (χ1) is 8.52. The highest BCUT2D eigenvalue weighted by molar-refractivity contribution is 7.20.